The third-order valence-corrected chi connectivity index (χ3v) is 3.85. The summed E-state index contributed by atoms with van der Waals surface area (Å²) in [7, 11) is 0. The molecule has 0 spiro atoms. The molecule has 6 heteroatoms. The van der Waals surface area contributed by atoms with E-state index in [0.29, 0.717) is 11.6 Å². The summed E-state index contributed by atoms with van der Waals surface area (Å²) in [5.41, 5.74) is 2.00. The van der Waals surface area contributed by atoms with Crippen LogP contribution in [0.25, 0.3) is 0 Å². The number of nitrogens with zero attached hydrogens (tertiary/aromatic N) is 2. The van der Waals surface area contributed by atoms with E-state index < -0.39 is 11.7 Å². The third-order valence-electron chi connectivity index (χ3n) is 3.85. The first-order valence-electron chi connectivity index (χ1n) is 8.26. The molecule has 2 N–H and O–H groups in total. The highest BCUT2D eigenvalue weighted by Crippen LogP contribution is 2.18. The van der Waals surface area contributed by atoms with Gasteiger partial charge in [-0.15, -0.1) is 0 Å². The lowest BCUT2D eigenvalue weighted by Crippen LogP contribution is -2.17. The Hall–Kier alpha value is -3.28. The van der Waals surface area contributed by atoms with Crippen LogP contribution < -0.4 is 10.6 Å². The van der Waals surface area contributed by atoms with E-state index in [1.165, 1.54) is 12.1 Å². The van der Waals surface area contributed by atoms with Crippen LogP contribution in [0.4, 0.5) is 16.0 Å². The van der Waals surface area contributed by atoms with Gasteiger partial charge < -0.3 is 10.6 Å². The second-order valence-electron chi connectivity index (χ2n) is 5.93. The van der Waals surface area contributed by atoms with Gasteiger partial charge in [0, 0.05) is 5.69 Å². The van der Waals surface area contributed by atoms with Crippen molar-refractivity contribution in [3.05, 3.63) is 83.4 Å². The van der Waals surface area contributed by atoms with Crippen LogP contribution in [0.15, 0.2) is 60.7 Å². The Kier molecular flexibility index (Phi) is 5.22. The predicted octanol–water partition coefficient (Wildman–Crippen LogP) is 4.35. The largest absolute Gasteiger partial charge is 0.348 e. The maximum absolute atomic E-state index is 13.7. The summed E-state index contributed by atoms with van der Waals surface area (Å²) < 4.78 is 13.7. The standard InChI is InChI=1S/C20H19FN4O/c1-13-12-18(19(26)24-17-11-7-6-10-16(17)21)25-20(22-13)23-14(2)15-8-4-3-5-9-15/h3-12,14H,1-2H3,(H,24,26)(H,22,23,25). The fourth-order valence-corrected chi connectivity index (χ4v) is 2.52. The molecule has 0 aliphatic heterocycles. The maximum Gasteiger partial charge on any atom is 0.274 e. The van der Waals surface area contributed by atoms with E-state index in [9.17, 15) is 9.18 Å². The smallest absolute Gasteiger partial charge is 0.274 e. The Labute approximate surface area is 151 Å². The number of nitrogens with one attached hydrogen (secondary N) is 2. The van der Waals surface area contributed by atoms with Crippen molar-refractivity contribution >= 4 is 17.5 Å². The highest BCUT2D eigenvalue weighted by Gasteiger charge is 2.14. The van der Waals surface area contributed by atoms with Crippen LogP contribution in [-0.4, -0.2) is 15.9 Å². The average molecular weight is 350 g/mol. The predicted molar refractivity (Wildman–Crippen MR) is 99.6 cm³/mol. The Balaban J connectivity index is 1.79. The van der Waals surface area contributed by atoms with Gasteiger partial charge in [-0.2, -0.15) is 0 Å². The van der Waals surface area contributed by atoms with E-state index >= 15 is 0 Å². The summed E-state index contributed by atoms with van der Waals surface area (Å²) >= 11 is 0. The van der Waals surface area contributed by atoms with Crippen LogP contribution in [0, 0.1) is 12.7 Å². The molecule has 1 amide bonds. The van der Waals surface area contributed by atoms with Gasteiger partial charge in [-0.05, 0) is 37.6 Å². The van der Waals surface area contributed by atoms with Gasteiger partial charge in [0.2, 0.25) is 5.95 Å². The van der Waals surface area contributed by atoms with Crippen molar-refractivity contribution < 1.29 is 9.18 Å². The van der Waals surface area contributed by atoms with Gasteiger partial charge in [0.15, 0.2) is 0 Å². The zero-order valence-corrected chi connectivity index (χ0v) is 14.5. The fraction of sp³-hybridized carbons (Fsp3) is 0.150. The van der Waals surface area contributed by atoms with Crippen molar-refractivity contribution in [2.75, 3.05) is 10.6 Å². The molecule has 0 fully saturated rings. The molecule has 1 heterocycles. The van der Waals surface area contributed by atoms with Gasteiger partial charge >= 0.3 is 0 Å². The summed E-state index contributed by atoms with van der Waals surface area (Å²) in [4.78, 5) is 21.0. The molecule has 26 heavy (non-hydrogen) atoms. The van der Waals surface area contributed by atoms with Crippen LogP contribution >= 0.6 is 0 Å². The van der Waals surface area contributed by atoms with Crippen molar-refractivity contribution in [2.45, 2.75) is 19.9 Å². The van der Waals surface area contributed by atoms with Crippen LogP contribution in [0.3, 0.4) is 0 Å². The monoisotopic (exact) mass is 350 g/mol. The quantitative estimate of drug-likeness (QED) is 0.718. The molecule has 0 saturated heterocycles. The van der Waals surface area contributed by atoms with Crippen molar-refractivity contribution in [2.24, 2.45) is 0 Å². The number of aromatic nitrogens is 2. The van der Waals surface area contributed by atoms with Crippen molar-refractivity contribution in [1.82, 2.24) is 9.97 Å². The molecule has 1 unspecified atom stereocenters. The van der Waals surface area contributed by atoms with Gasteiger partial charge in [-0.25, -0.2) is 14.4 Å². The Morgan fingerprint density at radius 2 is 1.73 bits per heavy atom. The topological polar surface area (TPSA) is 66.9 Å². The summed E-state index contributed by atoms with van der Waals surface area (Å²) in [5.74, 6) is -0.640. The number of carbonyl (C=O) groups is 1. The van der Waals surface area contributed by atoms with Crippen LogP contribution in [-0.2, 0) is 0 Å². The number of carbonyl (C=O) groups excluding carboxylic acids is 1. The minimum Gasteiger partial charge on any atom is -0.348 e. The Bertz CT molecular complexity index is 915. The highest BCUT2D eigenvalue weighted by molar-refractivity contribution is 6.03. The number of aryl methyl sites for hydroxylation is 1. The van der Waals surface area contributed by atoms with E-state index in [-0.39, 0.29) is 17.4 Å². The fourth-order valence-electron chi connectivity index (χ4n) is 2.52. The van der Waals surface area contributed by atoms with Crippen molar-refractivity contribution in [3.63, 3.8) is 0 Å². The molecule has 0 bridgehead atoms. The average Bonchev–Trinajstić information content (AvgIpc) is 2.64. The molecule has 5 nitrogen and oxygen atoms in total. The number of halogens is 1. The van der Waals surface area contributed by atoms with Gasteiger partial charge in [-0.1, -0.05) is 42.5 Å². The van der Waals surface area contributed by atoms with Gasteiger partial charge in [-0.3, -0.25) is 4.79 Å². The molecule has 0 saturated carbocycles. The van der Waals surface area contributed by atoms with Crippen molar-refractivity contribution in [3.8, 4) is 0 Å². The zero-order valence-electron chi connectivity index (χ0n) is 14.5. The van der Waals surface area contributed by atoms with E-state index in [4.69, 9.17) is 0 Å². The number of para-hydroxylation sites is 1. The first-order valence-corrected chi connectivity index (χ1v) is 8.26. The lowest BCUT2D eigenvalue weighted by atomic mass is 10.1. The molecule has 1 aromatic heterocycles. The van der Waals surface area contributed by atoms with Crippen LogP contribution in [0.2, 0.25) is 0 Å². The maximum atomic E-state index is 13.7. The van der Waals surface area contributed by atoms with Gasteiger partial charge in [0.05, 0.1) is 11.7 Å². The Morgan fingerprint density at radius 3 is 2.46 bits per heavy atom. The minimum absolute atomic E-state index is 0.0273. The van der Waals surface area contributed by atoms with Crippen LogP contribution in [0.5, 0.6) is 0 Å². The first-order chi connectivity index (χ1) is 12.5. The number of hydrogen-bond donors (Lipinski definition) is 2. The SMILES string of the molecule is Cc1cc(C(=O)Nc2ccccc2F)nc(NC(C)c2ccccc2)n1. The first kappa shape index (κ1) is 17.5. The lowest BCUT2D eigenvalue weighted by molar-refractivity contribution is 0.102. The number of anilines is 2. The molecule has 1 atom stereocenters. The number of amides is 1. The van der Waals surface area contributed by atoms with E-state index in [1.54, 1.807) is 25.1 Å². The minimum atomic E-state index is -0.498. The third kappa shape index (κ3) is 4.22. The highest BCUT2D eigenvalue weighted by atomic mass is 19.1. The van der Waals surface area contributed by atoms with E-state index in [1.807, 2.05) is 37.3 Å². The van der Waals surface area contributed by atoms with Crippen molar-refractivity contribution in [1.29, 1.82) is 0 Å². The van der Waals surface area contributed by atoms with Gasteiger partial charge in [0.1, 0.15) is 11.5 Å². The van der Waals surface area contributed by atoms with E-state index in [2.05, 4.69) is 20.6 Å². The summed E-state index contributed by atoms with van der Waals surface area (Å²) in [5, 5.41) is 5.73. The molecule has 3 rings (SSSR count). The second kappa shape index (κ2) is 7.74. The van der Waals surface area contributed by atoms with E-state index in [0.717, 1.165) is 5.56 Å². The zero-order chi connectivity index (χ0) is 18.5. The number of rotatable bonds is 5. The molecule has 0 aliphatic carbocycles. The molecule has 0 aliphatic rings. The normalized spacial score (nSPS) is 11.7. The Morgan fingerprint density at radius 1 is 1.04 bits per heavy atom. The summed E-state index contributed by atoms with van der Waals surface area (Å²) in [6.07, 6.45) is 0. The molecular formula is C20H19FN4O. The molecule has 2 aromatic carbocycles. The van der Waals surface area contributed by atoms with Crippen LogP contribution in [0.1, 0.15) is 34.7 Å². The second-order valence-corrected chi connectivity index (χ2v) is 5.93. The number of hydrogen-bond acceptors (Lipinski definition) is 4. The summed E-state index contributed by atoms with van der Waals surface area (Å²) in [6.45, 7) is 3.76. The molecule has 0 radical (unpaired) electrons. The van der Waals surface area contributed by atoms with Gasteiger partial charge in [0.25, 0.3) is 5.91 Å². The molecule has 3 aromatic rings. The number of benzene rings is 2. The summed E-state index contributed by atoms with van der Waals surface area (Å²) in [6, 6.07) is 17.4. The lowest BCUT2D eigenvalue weighted by Gasteiger charge is -2.15. The molecule has 132 valence electrons. The molecular weight excluding hydrogens is 331 g/mol.